The van der Waals surface area contributed by atoms with Crippen molar-refractivity contribution < 1.29 is 14.3 Å². The van der Waals surface area contributed by atoms with E-state index in [0.29, 0.717) is 25.9 Å². The maximum Gasteiger partial charge on any atom is 0.407 e. The average Bonchev–Trinajstić information content (AvgIpc) is 2.98. The second-order valence-electron chi connectivity index (χ2n) is 6.71. The van der Waals surface area contributed by atoms with E-state index in [9.17, 15) is 9.59 Å². The summed E-state index contributed by atoms with van der Waals surface area (Å²) in [6.07, 6.45) is 2.42. The van der Waals surface area contributed by atoms with E-state index in [1.54, 1.807) is 11.8 Å². The summed E-state index contributed by atoms with van der Waals surface area (Å²) in [6, 6.07) is -0.405. The summed E-state index contributed by atoms with van der Waals surface area (Å²) in [7, 11) is 0. The molecular weight excluding hydrogens is 300 g/mol. The Morgan fingerprint density at radius 2 is 1.96 bits per heavy atom. The van der Waals surface area contributed by atoms with Crippen LogP contribution < -0.4 is 5.32 Å². The van der Waals surface area contributed by atoms with Crippen LogP contribution in [0.25, 0.3) is 0 Å². The van der Waals surface area contributed by atoms with E-state index in [-0.39, 0.29) is 11.9 Å². The molecule has 23 heavy (non-hydrogen) atoms. The normalized spacial score (nSPS) is 17.7. The third kappa shape index (κ3) is 4.90. The Labute approximate surface area is 135 Å². The Hall–Kier alpha value is -2.19. The zero-order valence-electron chi connectivity index (χ0n) is 14.0. The SMILES string of the molecule is C[C@@H](C(=O)N1CCC(NC(=O)OC(C)(C)C)CC1)n1cnnn1. The van der Waals surface area contributed by atoms with E-state index in [1.807, 2.05) is 20.8 Å². The lowest BCUT2D eigenvalue weighted by atomic mass is 10.0. The van der Waals surface area contributed by atoms with Crippen LogP contribution in [0.4, 0.5) is 4.79 Å². The number of tetrazole rings is 1. The summed E-state index contributed by atoms with van der Waals surface area (Å²) in [5, 5.41) is 13.7. The topological polar surface area (TPSA) is 102 Å². The molecule has 0 radical (unpaired) electrons. The number of amides is 2. The number of hydrogen-bond donors (Lipinski definition) is 1. The van der Waals surface area contributed by atoms with Gasteiger partial charge in [0.2, 0.25) is 5.91 Å². The number of hydrogen-bond acceptors (Lipinski definition) is 6. The summed E-state index contributed by atoms with van der Waals surface area (Å²) in [5.41, 5.74) is -0.512. The van der Waals surface area contributed by atoms with E-state index in [4.69, 9.17) is 4.74 Å². The first kappa shape index (κ1) is 17.2. The van der Waals surface area contributed by atoms with Crippen LogP contribution in [-0.2, 0) is 9.53 Å². The van der Waals surface area contributed by atoms with Crippen molar-refractivity contribution in [3.8, 4) is 0 Å². The van der Waals surface area contributed by atoms with Gasteiger partial charge in [0.25, 0.3) is 0 Å². The largest absolute Gasteiger partial charge is 0.444 e. The van der Waals surface area contributed by atoms with Crippen molar-refractivity contribution >= 4 is 12.0 Å². The first-order valence-electron chi connectivity index (χ1n) is 7.77. The molecule has 0 unspecified atom stereocenters. The van der Waals surface area contributed by atoms with Gasteiger partial charge < -0.3 is 15.0 Å². The Balaban J connectivity index is 1.79. The molecule has 1 N–H and O–H groups in total. The molecule has 1 aliphatic heterocycles. The minimum Gasteiger partial charge on any atom is -0.444 e. The smallest absolute Gasteiger partial charge is 0.407 e. The van der Waals surface area contributed by atoms with Gasteiger partial charge in [-0.25, -0.2) is 9.48 Å². The second kappa shape index (κ2) is 6.93. The van der Waals surface area contributed by atoms with Gasteiger partial charge in [-0.1, -0.05) is 0 Å². The monoisotopic (exact) mass is 324 g/mol. The molecule has 0 aliphatic carbocycles. The van der Waals surface area contributed by atoms with Crippen molar-refractivity contribution in [2.45, 2.75) is 58.2 Å². The van der Waals surface area contributed by atoms with Crippen LogP contribution in [-0.4, -0.2) is 61.8 Å². The Bertz CT molecular complexity index is 531. The third-order valence-corrected chi connectivity index (χ3v) is 3.65. The number of nitrogens with one attached hydrogen (secondary N) is 1. The highest BCUT2D eigenvalue weighted by Gasteiger charge is 2.28. The van der Waals surface area contributed by atoms with Crippen molar-refractivity contribution in [3.05, 3.63) is 6.33 Å². The van der Waals surface area contributed by atoms with Crippen LogP contribution in [0, 0.1) is 0 Å². The molecule has 1 saturated heterocycles. The summed E-state index contributed by atoms with van der Waals surface area (Å²) >= 11 is 0. The van der Waals surface area contributed by atoms with Crippen molar-refractivity contribution in [3.63, 3.8) is 0 Å². The van der Waals surface area contributed by atoms with Gasteiger partial charge >= 0.3 is 6.09 Å². The van der Waals surface area contributed by atoms with Crippen molar-refractivity contribution in [2.24, 2.45) is 0 Å². The summed E-state index contributed by atoms with van der Waals surface area (Å²) < 4.78 is 6.68. The molecule has 128 valence electrons. The van der Waals surface area contributed by atoms with Crippen molar-refractivity contribution in [1.82, 2.24) is 30.4 Å². The lowest BCUT2D eigenvalue weighted by molar-refractivity contribution is -0.135. The van der Waals surface area contributed by atoms with Crippen LogP contribution in [0.5, 0.6) is 0 Å². The van der Waals surface area contributed by atoms with Crippen molar-refractivity contribution in [1.29, 1.82) is 0 Å². The lowest BCUT2D eigenvalue weighted by Gasteiger charge is -2.34. The molecule has 1 fully saturated rings. The van der Waals surface area contributed by atoms with E-state index >= 15 is 0 Å². The Morgan fingerprint density at radius 3 is 2.48 bits per heavy atom. The molecule has 1 atom stereocenters. The molecule has 1 aromatic heterocycles. The maximum absolute atomic E-state index is 12.4. The highest BCUT2D eigenvalue weighted by atomic mass is 16.6. The minimum absolute atomic E-state index is 0.0204. The highest BCUT2D eigenvalue weighted by molar-refractivity contribution is 5.80. The molecule has 1 aromatic rings. The molecule has 0 aromatic carbocycles. The van der Waals surface area contributed by atoms with Crippen LogP contribution in [0.15, 0.2) is 6.33 Å². The number of aromatic nitrogens is 4. The molecule has 0 bridgehead atoms. The van der Waals surface area contributed by atoms with Gasteiger partial charge in [0.1, 0.15) is 18.0 Å². The van der Waals surface area contributed by atoms with Crippen molar-refractivity contribution in [2.75, 3.05) is 13.1 Å². The number of nitrogens with zero attached hydrogens (tertiary/aromatic N) is 5. The Kier molecular flexibility index (Phi) is 5.17. The Morgan fingerprint density at radius 1 is 1.30 bits per heavy atom. The molecule has 1 aliphatic rings. The number of alkyl carbamates (subject to hydrolysis) is 1. The van der Waals surface area contributed by atoms with Crippen LogP contribution in [0.2, 0.25) is 0 Å². The quantitative estimate of drug-likeness (QED) is 0.880. The summed E-state index contributed by atoms with van der Waals surface area (Å²) in [4.78, 5) is 26.0. The first-order valence-corrected chi connectivity index (χ1v) is 7.77. The van der Waals surface area contributed by atoms with Gasteiger partial charge in [-0.2, -0.15) is 0 Å². The number of carbonyl (C=O) groups excluding carboxylic acids is 2. The lowest BCUT2D eigenvalue weighted by Crippen LogP contribution is -2.48. The predicted molar refractivity (Wildman–Crippen MR) is 81.5 cm³/mol. The second-order valence-corrected chi connectivity index (χ2v) is 6.71. The van der Waals surface area contributed by atoms with E-state index in [2.05, 4.69) is 20.8 Å². The van der Waals surface area contributed by atoms with Gasteiger partial charge in [0.15, 0.2) is 0 Å². The van der Waals surface area contributed by atoms with Gasteiger partial charge in [-0.05, 0) is 51.0 Å². The summed E-state index contributed by atoms with van der Waals surface area (Å²) in [5.74, 6) is -0.0204. The zero-order chi connectivity index (χ0) is 17.0. The number of rotatable bonds is 3. The van der Waals surface area contributed by atoms with Crippen LogP contribution in [0.1, 0.15) is 46.6 Å². The fraction of sp³-hybridized carbons (Fsp3) is 0.786. The van der Waals surface area contributed by atoms with Gasteiger partial charge in [0.05, 0.1) is 0 Å². The fourth-order valence-corrected chi connectivity index (χ4v) is 2.44. The number of piperidine rings is 1. The molecule has 2 rings (SSSR count). The molecule has 9 heteroatoms. The highest BCUT2D eigenvalue weighted by Crippen LogP contribution is 2.16. The van der Waals surface area contributed by atoms with Crippen LogP contribution >= 0.6 is 0 Å². The molecule has 0 saturated carbocycles. The van der Waals surface area contributed by atoms with Gasteiger partial charge in [-0.3, -0.25) is 4.79 Å². The van der Waals surface area contributed by atoms with E-state index in [0.717, 1.165) is 0 Å². The number of ether oxygens (including phenoxy) is 1. The maximum atomic E-state index is 12.4. The first-order chi connectivity index (χ1) is 10.8. The molecular formula is C14H24N6O3. The van der Waals surface area contributed by atoms with Gasteiger partial charge in [-0.15, -0.1) is 5.10 Å². The molecule has 2 amide bonds. The molecule has 2 heterocycles. The summed E-state index contributed by atoms with van der Waals surface area (Å²) in [6.45, 7) is 8.43. The minimum atomic E-state index is -0.512. The third-order valence-electron chi connectivity index (χ3n) is 3.65. The van der Waals surface area contributed by atoms with Crippen LogP contribution in [0.3, 0.4) is 0 Å². The fourth-order valence-electron chi connectivity index (χ4n) is 2.44. The number of carbonyl (C=O) groups is 2. The number of likely N-dealkylation sites (tertiary alicyclic amines) is 1. The predicted octanol–water partition coefficient (Wildman–Crippen LogP) is 0.750. The zero-order valence-corrected chi connectivity index (χ0v) is 14.0. The molecule has 9 nitrogen and oxygen atoms in total. The standard InChI is InChI=1S/C14H24N6O3/c1-10(20-9-15-17-18-20)12(21)19-7-5-11(6-8-19)16-13(22)23-14(2,3)4/h9-11H,5-8H2,1-4H3,(H,16,22)/t10-/m0/s1. The average molecular weight is 324 g/mol. The van der Waals surface area contributed by atoms with E-state index in [1.165, 1.54) is 11.0 Å². The van der Waals surface area contributed by atoms with E-state index < -0.39 is 17.7 Å². The van der Waals surface area contributed by atoms with Gasteiger partial charge in [0, 0.05) is 19.1 Å². The molecule has 0 spiro atoms.